The zero-order valence-corrected chi connectivity index (χ0v) is 18.0. The minimum absolute atomic E-state index is 0. The van der Waals surface area contributed by atoms with Crippen molar-refractivity contribution in [2.75, 3.05) is 0 Å². The molecule has 0 spiro atoms. The van der Waals surface area contributed by atoms with Crippen molar-refractivity contribution in [3.05, 3.63) is 121 Å². The predicted octanol–water partition coefficient (Wildman–Crippen LogP) is 1.60. The molecular formula is C22H17ClN2Zn-. The third-order valence-electron chi connectivity index (χ3n) is 4.42. The number of rotatable bonds is 4. The topological polar surface area (TPSA) is 15.6 Å². The molecule has 1 aliphatic heterocycles. The van der Waals surface area contributed by atoms with E-state index in [4.69, 9.17) is 0 Å². The van der Waals surface area contributed by atoms with Gasteiger partial charge in [-0.15, -0.1) is 0 Å². The van der Waals surface area contributed by atoms with Gasteiger partial charge in [-0.2, -0.15) is 0 Å². The van der Waals surface area contributed by atoms with Gasteiger partial charge in [-0.25, -0.2) is 4.99 Å². The van der Waals surface area contributed by atoms with Crippen LogP contribution in [0.2, 0.25) is 0 Å². The molecule has 1 heterocycles. The quantitative estimate of drug-likeness (QED) is 0.472. The van der Waals surface area contributed by atoms with E-state index >= 15 is 0 Å². The predicted molar refractivity (Wildman–Crippen MR) is 97.4 cm³/mol. The normalized spacial score (nSPS) is 12.4. The maximum atomic E-state index is 4.20. The first-order valence-electron chi connectivity index (χ1n) is 7.99. The summed E-state index contributed by atoms with van der Waals surface area (Å²) in [4.78, 5) is 6.33. The number of hydrogen-bond donors (Lipinski definition) is 0. The van der Waals surface area contributed by atoms with Gasteiger partial charge in [0.15, 0.2) is 6.67 Å². The number of benzene rings is 3. The molecule has 4 rings (SSSR count). The monoisotopic (exact) mass is 408 g/mol. The van der Waals surface area contributed by atoms with E-state index in [1.807, 2.05) is 31.1 Å². The van der Waals surface area contributed by atoms with Crippen molar-refractivity contribution in [2.24, 2.45) is 4.99 Å². The van der Waals surface area contributed by atoms with Crippen molar-refractivity contribution in [1.82, 2.24) is 4.90 Å². The Kier molecular flexibility index (Phi) is 6.94. The Bertz CT molecular complexity index is 779. The zero-order chi connectivity index (χ0) is 16.2. The molecule has 0 N–H and O–H groups in total. The second-order valence-corrected chi connectivity index (χ2v) is 5.72. The first-order valence-corrected chi connectivity index (χ1v) is 7.99. The molecule has 0 unspecified atom stereocenters. The fourth-order valence-electron chi connectivity index (χ4n) is 3.39. The van der Waals surface area contributed by atoms with Crippen LogP contribution in [0.25, 0.3) is 0 Å². The first-order chi connectivity index (χ1) is 11.9. The fraction of sp³-hybridized carbons (Fsp3) is 0.0455. The molecule has 1 radical (unpaired) electrons. The van der Waals surface area contributed by atoms with E-state index in [9.17, 15) is 0 Å². The largest absolute Gasteiger partial charge is 1.00 e. The summed E-state index contributed by atoms with van der Waals surface area (Å²) in [7, 11) is 0. The van der Waals surface area contributed by atoms with E-state index in [0.29, 0.717) is 0 Å². The van der Waals surface area contributed by atoms with Gasteiger partial charge in [0.2, 0.25) is 0 Å². The first kappa shape index (κ1) is 20.1. The van der Waals surface area contributed by atoms with Crippen molar-refractivity contribution < 1.29 is 31.9 Å². The van der Waals surface area contributed by atoms with Gasteiger partial charge in [-0.1, -0.05) is 91.0 Å². The van der Waals surface area contributed by atoms with Crippen LogP contribution in [0.3, 0.4) is 0 Å². The zero-order valence-electron chi connectivity index (χ0n) is 14.3. The molecule has 0 aliphatic carbocycles. The summed E-state index contributed by atoms with van der Waals surface area (Å²) in [5.41, 5.74) is 3.09. The average molecular weight is 410 g/mol. The Balaban J connectivity index is 0.00000121. The molecule has 125 valence electrons. The number of halogens is 1. The van der Waals surface area contributed by atoms with Crippen LogP contribution in [-0.4, -0.2) is 10.8 Å². The second kappa shape index (κ2) is 8.96. The van der Waals surface area contributed by atoms with Crippen LogP contribution in [0, 0.1) is 6.67 Å². The summed E-state index contributed by atoms with van der Waals surface area (Å²) < 4.78 is 0. The third-order valence-corrected chi connectivity index (χ3v) is 4.42. The van der Waals surface area contributed by atoms with Gasteiger partial charge in [0, 0.05) is 25.3 Å². The van der Waals surface area contributed by atoms with Crippen LogP contribution in [0.4, 0.5) is 0 Å². The molecule has 4 heteroatoms. The smallest absolute Gasteiger partial charge is 0.174 e. The molecule has 0 atom stereocenters. The van der Waals surface area contributed by atoms with Crippen LogP contribution >= 0.6 is 0 Å². The van der Waals surface area contributed by atoms with E-state index in [0.717, 1.165) is 0 Å². The molecule has 0 fully saturated rings. The van der Waals surface area contributed by atoms with E-state index in [-0.39, 0.29) is 31.9 Å². The molecule has 0 saturated carbocycles. The van der Waals surface area contributed by atoms with E-state index in [1.54, 1.807) is 0 Å². The summed E-state index contributed by atoms with van der Waals surface area (Å²) in [5, 5.41) is 0. The van der Waals surface area contributed by atoms with Crippen LogP contribution in [0.5, 0.6) is 0 Å². The summed E-state index contributed by atoms with van der Waals surface area (Å²) in [6, 6.07) is 31.6. The summed E-state index contributed by atoms with van der Waals surface area (Å²) >= 11 is 0. The van der Waals surface area contributed by atoms with Crippen molar-refractivity contribution in [1.29, 1.82) is 0 Å². The maximum Gasteiger partial charge on any atom is 0.174 e. The molecule has 0 amide bonds. The summed E-state index contributed by atoms with van der Waals surface area (Å²) in [6.45, 7) is 1.84. The molecule has 3 aromatic carbocycles. The van der Waals surface area contributed by atoms with Gasteiger partial charge in [-0.3, -0.25) is 0 Å². The summed E-state index contributed by atoms with van der Waals surface area (Å²) in [5.74, 6) is 2.96. The van der Waals surface area contributed by atoms with Gasteiger partial charge in [-0.05, 0) is 16.7 Å². The molecule has 26 heavy (non-hydrogen) atoms. The standard InChI is InChI=1S/C22H17N2.ClH.Zn/c1-4-10-19(11-5-1)22(24-17-16-23-18-24,20-12-6-2-7-13-20)21-14-8-3-9-15-21;;/h1-15,17-18H;1H;/p-1. The Hall–Kier alpha value is -2.18. The molecule has 3 aromatic rings. The fourth-order valence-corrected chi connectivity index (χ4v) is 3.39. The van der Waals surface area contributed by atoms with Crippen LogP contribution < -0.4 is 12.4 Å². The van der Waals surface area contributed by atoms with E-state index in [2.05, 4.69) is 88.6 Å². The third kappa shape index (κ3) is 3.39. The van der Waals surface area contributed by atoms with Crippen LogP contribution in [-0.2, 0) is 25.0 Å². The van der Waals surface area contributed by atoms with Gasteiger partial charge in [0.05, 0.1) is 6.20 Å². The Labute approximate surface area is 173 Å². The van der Waals surface area contributed by atoms with Crippen molar-refractivity contribution in [2.45, 2.75) is 5.54 Å². The second-order valence-electron chi connectivity index (χ2n) is 5.72. The summed E-state index contributed by atoms with van der Waals surface area (Å²) in [6.07, 6.45) is 1.91. The van der Waals surface area contributed by atoms with Gasteiger partial charge in [0.1, 0.15) is 5.54 Å². The SMILES string of the molecule is C1=CN(C(c2ccccc2)(c2ccccc2)c2ccccc2)[CH]N=1.[Cl-].[Zn]. The van der Waals surface area contributed by atoms with Gasteiger partial charge in [0.25, 0.3) is 0 Å². The Morgan fingerprint density at radius 1 is 0.654 bits per heavy atom. The minimum atomic E-state index is -0.475. The van der Waals surface area contributed by atoms with Crippen molar-refractivity contribution in [3.8, 4) is 0 Å². The number of nitrogens with zero attached hydrogens (tertiary/aromatic N) is 2. The van der Waals surface area contributed by atoms with Crippen LogP contribution in [0.15, 0.2) is 102 Å². The van der Waals surface area contributed by atoms with Gasteiger partial charge >= 0.3 is 0 Å². The number of hydrogen-bond acceptors (Lipinski definition) is 2. The Morgan fingerprint density at radius 2 is 1.04 bits per heavy atom. The average Bonchev–Trinajstić information content (AvgIpc) is 3.20. The van der Waals surface area contributed by atoms with Crippen molar-refractivity contribution in [3.63, 3.8) is 0 Å². The van der Waals surface area contributed by atoms with E-state index in [1.165, 1.54) is 16.7 Å². The van der Waals surface area contributed by atoms with Crippen LogP contribution in [0.1, 0.15) is 16.7 Å². The molecule has 1 aliphatic rings. The van der Waals surface area contributed by atoms with Gasteiger partial charge < -0.3 is 17.3 Å². The van der Waals surface area contributed by atoms with E-state index < -0.39 is 5.54 Å². The molecule has 2 nitrogen and oxygen atoms in total. The minimum Gasteiger partial charge on any atom is -1.00 e. The molecule has 0 aromatic heterocycles. The molecule has 0 saturated heterocycles. The number of aliphatic imine (C=N–C) groups is 1. The Morgan fingerprint density at radius 3 is 1.35 bits per heavy atom. The van der Waals surface area contributed by atoms with Crippen molar-refractivity contribution >= 4 is 5.87 Å². The molecule has 0 bridgehead atoms. The maximum absolute atomic E-state index is 4.20. The molecular weight excluding hydrogens is 393 g/mol.